The molecule has 0 fully saturated rings. The molecule has 0 bridgehead atoms. The van der Waals surface area contributed by atoms with Crippen LogP contribution in [-0.4, -0.2) is 51.8 Å². The van der Waals surface area contributed by atoms with Crippen molar-refractivity contribution in [2.24, 2.45) is 0 Å². The minimum atomic E-state index is -3.96. The molecule has 0 aliphatic carbocycles. The summed E-state index contributed by atoms with van der Waals surface area (Å²) >= 11 is 1.48. The van der Waals surface area contributed by atoms with Crippen LogP contribution in [0.1, 0.15) is 5.56 Å². The molecule has 2 amide bonds. The highest BCUT2D eigenvalue weighted by Crippen LogP contribution is 2.28. The van der Waals surface area contributed by atoms with E-state index in [4.69, 9.17) is 4.74 Å². The molecule has 0 aliphatic rings. The van der Waals surface area contributed by atoms with Crippen LogP contribution in [0.3, 0.4) is 0 Å². The second-order valence-corrected chi connectivity index (χ2v) is 10.9. The van der Waals surface area contributed by atoms with Gasteiger partial charge in [0.25, 0.3) is 0 Å². The molecule has 194 valence electrons. The van der Waals surface area contributed by atoms with Crippen molar-refractivity contribution >= 4 is 39.6 Å². The fraction of sp³-hybridized carbons (Fsp3) is 0.192. The van der Waals surface area contributed by atoms with Crippen LogP contribution in [0.2, 0.25) is 0 Å². The first kappa shape index (κ1) is 27.8. The number of rotatable bonds is 11. The minimum Gasteiger partial charge on any atom is -0.467 e. The van der Waals surface area contributed by atoms with E-state index in [9.17, 15) is 22.8 Å². The average Bonchev–Trinajstić information content (AvgIpc) is 2.91. The third kappa shape index (κ3) is 8.96. The first-order chi connectivity index (χ1) is 17.8. The summed E-state index contributed by atoms with van der Waals surface area (Å²) in [5.74, 6) is -2.42. The Balaban J connectivity index is 1.55. The monoisotopic (exact) mass is 542 g/mol. The number of ether oxygens (including phenoxy) is 2. The van der Waals surface area contributed by atoms with E-state index in [1.807, 2.05) is 36.4 Å². The Morgan fingerprint density at radius 3 is 2.08 bits per heavy atom. The third-order valence-corrected chi connectivity index (χ3v) is 7.75. The first-order valence-corrected chi connectivity index (χ1v) is 13.6. The maximum absolute atomic E-state index is 12.9. The van der Waals surface area contributed by atoms with Gasteiger partial charge in [-0.25, -0.2) is 18.0 Å². The van der Waals surface area contributed by atoms with Crippen LogP contribution in [0.15, 0.2) is 99.6 Å². The van der Waals surface area contributed by atoms with Crippen molar-refractivity contribution in [2.45, 2.75) is 27.3 Å². The highest BCUT2D eigenvalue weighted by Gasteiger charge is 2.29. The molecule has 3 rings (SSSR count). The largest absolute Gasteiger partial charge is 0.467 e. The number of amides is 2. The fourth-order valence-electron chi connectivity index (χ4n) is 3.14. The number of benzene rings is 3. The first-order valence-electron chi connectivity index (χ1n) is 11.1. The Morgan fingerprint density at radius 2 is 1.46 bits per heavy atom. The smallest absolute Gasteiger partial charge is 0.407 e. The van der Waals surface area contributed by atoms with E-state index in [1.54, 1.807) is 36.4 Å². The lowest BCUT2D eigenvalue weighted by Crippen LogP contribution is -2.49. The van der Waals surface area contributed by atoms with Crippen LogP contribution < -0.4 is 10.6 Å². The van der Waals surface area contributed by atoms with Crippen molar-refractivity contribution < 1.29 is 32.3 Å². The SMILES string of the molecule is COC(=O)[C@H](CS(=O)(=O)c1ccc(Sc2ccccc2)cc1)NC(=O)CNC(=O)OCc1ccccc1. The highest BCUT2D eigenvalue weighted by molar-refractivity contribution is 7.99. The lowest BCUT2D eigenvalue weighted by molar-refractivity contribution is -0.144. The summed E-state index contributed by atoms with van der Waals surface area (Å²) in [6.45, 7) is -0.507. The molecule has 3 aromatic carbocycles. The zero-order valence-corrected chi connectivity index (χ0v) is 21.6. The molecule has 0 spiro atoms. The lowest BCUT2D eigenvalue weighted by atomic mass is 10.2. The summed E-state index contributed by atoms with van der Waals surface area (Å²) < 4.78 is 35.6. The Morgan fingerprint density at radius 1 is 0.865 bits per heavy atom. The van der Waals surface area contributed by atoms with Gasteiger partial charge in [0.2, 0.25) is 5.91 Å². The molecule has 1 atom stereocenters. The van der Waals surface area contributed by atoms with Gasteiger partial charge in [-0.3, -0.25) is 4.79 Å². The second-order valence-electron chi connectivity index (χ2n) is 7.73. The average molecular weight is 543 g/mol. The molecule has 3 aromatic rings. The van der Waals surface area contributed by atoms with E-state index in [-0.39, 0.29) is 11.5 Å². The summed E-state index contributed by atoms with van der Waals surface area (Å²) in [6, 6.07) is 23.3. The van der Waals surface area contributed by atoms with E-state index in [1.165, 1.54) is 23.9 Å². The number of hydrogen-bond donors (Lipinski definition) is 2. The standard InChI is InChI=1S/C26H26N2O7S2/c1-34-25(30)23(28-24(29)16-27-26(31)35-17-19-8-4-2-5-9-19)18-37(32,33)22-14-12-21(13-15-22)36-20-10-6-3-7-11-20/h2-15,23H,16-18H2,1H3,(H,27,31)(H,28,29)/t23-/m0/s1. The molecular weight excluding hydrogens is 516 g/mol. The van der Waals surface area contributed by atoms with Crippen LogP contribution in [0, 0.1) is 0 Å². The van der Waals surface area contributed by atoms with E-state index in [0.717, 1.165) is 22.5 Å². The summed E-state index contributed by atoms with van der Waals surface area (Å²) in [7, 11) is -2.87. The molecule has 0 saturated heterocycles. The Hall–Kier alpha value is -3.83. The number of carbonyl (C=O) groups is 3. The topological polar surface area (TPSA) is 128 Å². The van der Waals surface area contributed by atoms with E-state index >= 15 is 0 Å². The normalized spacial score (nSPS) is 11.7. The van der Waals surface area contributed by atoms with Gasteiger partial charge < -0.3 is 20.1 Å². The van der Waals surface area contributed by atoms with Crippen molar-refractivity contribution in [1.29, 1.82) is 0 Å². The zero-order valence-electron chi connectivity index (χ0n) is 20.0. The van der Waals surface area contributed by atoms with Crippen molar-refractivity contribution in [3.63, 3.8) is 0 Å². The van der Waals surface area contributed by atoms with Gasteiger partial charge in [-0.2, -0.15) is 0 Å². The van der Waals surface area contributed by atoms with Crippen LogP contribution in [-0.2, 0) is 35.5 Å². The van der Waals surface area contributed by atoms with Gasteiger partial charge in [0.1, 0.15) is 19.2 Å². The molecule has 0 unspecified atom stereocenters. The van der Waals surface area contributed by atoms with Crippen LogP contribution in [0.5, 0.6) is 0 Å². The maximum atomic E-state index is 12.9. The molecule has 0 aromatic heterocycles. The number of hydrogen-bond acceptors (Lipinski definition) is 8. The molecule has 9 nitrogen and oxygen atoms in total. The summed E-state index contributed by atoms with van der Waals surface area (Å²) in [6.07, 6.45) is -0.838. The van der Waals surface area contributed by atoms with Crippen molar-refractivity contribution in [3.8, 4) is 0 Å². The van der Waals surface area contributed by atoms with Gasteiger partial charge >= 0.3 is 12.1 Å². The Labute approximate surface area is 219 Å². The van der Waals surface area contributed by atoms with Gasteiger partial charge in [0.15, 0.2) is 9.84 Å². The molecule has 2 N–H and O–H groups in total. The number of alkyl carbamates (subject to hydrolysis) is 1. The van der Waals surface area contributed by atoms with Gasteiger partial charge in [-0.15, -0.1) is 0 Å². The van der Waals surface area contributed by atoms with Crippen LogP contribution in [0.4, 0.5) is 4.79 Å². The second kappa shape index (κ2) is 13.5. The third-order valence-electron chi connectivity index (χ3n) is 4.97. The Kier molecular flexibility index (Phi) is 10.1. The van der Waals surface area contributed by atoms with Crippen molar-refractivity contribution in [3.05, 3.63) is 90.5 Å². The minimum absolute atomic E-state index is 0.00400. The van der Waals surface area contributed by atoms with Gasteiger partial charge in [0.05, 0.1) is 17.8 Å². The van der Waals surface area contributed by atoms with E-state index < -0.39 is 46.1 Å². The number of carbonyl (C=O) groups excluding carboxylic acids is 3. The quantitative estimate of drug-likeness (QED) is 0.354. The van der Waals surface area contributed by atoms with Gasteiger partial charge in [-0.05, 0) is 42.0 Å². The van der Waals surface area contributed by atoms with Gasteiger partial charge in [-0.1, -0.05) is 60.3 Å². The maximum Gasteiger partial charge on any atom is 0.407 e. The summed E-state index contributed by atoms with van der Waals surface area (Å²) in [4.78, 5) is 38.2. The zero-order chi connectivity index (χ0) is 26.7. The van der Waals surface area contributed by atoms with Crippen molar-refractivity contribution in [1.82, 2.24) is 10.6 Å². The molecule has 0 radical (unpaired) electrons. The fourth-order valence-corrected chi connectivity index (χ4v) is 5.38. The molecule has 0 aliphatic heterocycles. The molecule has 0 saturated carbocycles. The highest BCUT2D eigenvalue weighted by atomic mass is 32.2. The lowest BCUT2D eigenvalue weighted by Gasteiger charge is -2.17. The predicted molar refractivity (Wildman–Crippen MR) is 138 cm³/mol. The summed E-state index contributed by atoms with van der Waals surface area (Å²) in [5.41, 5.74) is 0.768. The van der Waals surface area contributed by atoms with Gasteiger partial charge in [0, 0.05) is 9.79 Å². The van der Waals surface area contributed by atoms with E-state index in [2.05, 4.69) is 15.4 Å². The number of esters is 1. The Bertz CT molecular complexity index is 1300. The van der Waals surface area contributed by atoms with Crippen LogP contribution >= 0.6 is 11.8 Å². The summed E-state index contributed by atoms with van der Waals surface area (Å²) in [5, 5.41) is 4.56. The molecule has 0 heterocycles. The predicted octanol–water partition coefficient (Wildman–Crippen LogP) is 3.20. The number of methoxy groups -OCH3 is 1. The van der Waals surface area contributed by atoms with E-state index in [0.29, 0.717) is 0 Å². The number of nitrogens with one attached hydrogen (secondary N) is 2. The van der Waals surface area contributed by atoms with Crippen molar-refractivity contribution in [2.75, 3.05) is 19.4 Å². The number of sulfone groups is 1. The molecule has 11 heteroatoms. The molecular formula is C26H26N2O7S2. The molecule has 37 heavy (non-hydrogen) atoms. The van der Waals surface area contributed by atoms with Crippen LogP contribution in [0.25, 0.3) is 0 Å².